The lowest BCUT2D eigenvalue weighted by molar-refractivity contribution is 0.135. The third-order valence-electron chi connectivity index (χ3n) is 1.86. The van der Waals surface area contributed by atoms with Crippen LogP contribution in [0, 0.1) is 0 Å². The van der Waals surface area contributed by atoms with Gasteiger partial charge in [0, 0.05) is 0 Å². The van der Waals surface area contributed by atoms with Gasteiger partial charge in [-0.1, -0.05) is 47.7 Å². The van der Waals surface area contributed by atoms with E-state index >= 15 is 0 Å². The Hall–Kier alpha value is 0.387. The van der Waals surface area contributed by atoms with Gasteiger partial charge in [0.1, 0.15) is 0 Å². The smallest absolute Gasteiger partial charge is 0.184 e. The van der Waals surface area contributed by atoms with Gasteiger partial charge < -0.3 is 4.43 Å². The van der Waals surface area contributed by atoms with Gasteiger partial charge >= 0.3 is 0 Å². The number of hydrogen-bond donors (Lipinski definition) is 0. The molecule has 0 aliphatic carbocycles. The summed E-state index contributed by atoms with van der Waals surface area (Å²) in [6.45, 7) is 11.0. The maximum absolute atomic E-state index is 6.23. The highest BCUT2D eigenvalue weighted by Crippen LogP contribution is 2.24. The zero-order chi connectivity index (χ0) is 11.9. The topological polar surface area (TPSA) is 9.23 Å². The van der Waals surface area contributed by atoms with E-state index in [1.807, 2.05) is 0 Å². The Morgan fingerprint density at radius 3 is 2.27 bits per heavy atom. The van der Waals surface area contributed by atoms with Crippen molar-refractivity contribution in [2.45, 2.75) is 51.9 Å². The molecule has 0 rings (SSSR count). The first-order valence-electron chi connectivity index (χ1n) is 5.46. The highest BCUT2D eigenvalue weighted by Gasteiger charge is 2.27. The second kappa shape index (κ2) is 6.86. The van der Waals surface area contributed by atoms with E-state index < -0.39 is 8.32 Å². The molecule has 0 bridgehead atoms. The maximum atomic E-state index is 6.23. The average Bonchev–Trinajstić information content (AvgIpc) is 2.09. The van der Waals surface area contributed by atoms with E-state index in [0.717, 1.165) is 12.8 Å². The molecule has 0 aromatic heterocycles. The molecule has 0 heterocycles. The van der Waals surface area contributed by atoms with Crippen molar-refractivity contribution in [3.63, 3.8) is 0 Å². The minimum atomic E-state index is -1.48. The third-order valence-corrected chi connectivity index (χ3v) is 3.44. The minimum Gasteiger partial charge on any atom is -0.409 e. The van der Waals surface area contributed by atoms with Crippen LogP contribution in [0.5, 0.6) is 0 Å². The molecular formula is C12H23IOSi. The molecular weight excluding hydrogens is 315 g/mol. The summed E-state index contributed by atoms with van der Waals surface area (Å²) in [4.78, 5) is 0. The van der Waals surface area contributed by atoms with Crippen molar-refractivity contribution in [3.8, 4) is 0 Å². The zero-order valence-electron chi connectivity index (χ0n) is 10.5. The summed E-state index contributed by atoms with van der Waals surface area (Å²) in [5.41, 5.74) is -0.123. The number of hydrogen-bond acceptors (Lipinski definition) is 1. The molecule has 0 saturated heterocycles. The van der Waals surface area contributed by atoms with Crippen LogP contribution in [-0.2, 0) is 4.43 Å². The van der Waals surface area contributed by atoms with E-state index in [1.165, 1.54) is 0 Å². The van der Waals surface area contributed by atoms with Crippen LogP contribution in [0.15, 0.2) is 22.3 Å². The molecule has 0 aromatic carbocycles. The quantitative estimate of drug-likeness (QED) is 0.380. The molecule has 0 radical (unpaired) electrons. The molecule has 0 spiro atoms. The molecule has 0 fully saturated rings. The van der Waals surface area contributed by atoms with Crippen LogP contribution in [-0.4, -0.2) is 13.9 Å². The Balaban J connectivity index is 4.61. The molecule has 0 aliphatic heterocycles. The lowest BCUT2D eigenvalue weighted by atomic mass is 10.0. The predicted octanol–water partition coefficient (Wildman–Crippen LogP) is 4.90. The third kappa shape index (κ3) is 8.22. The van der Waals surface area contributed by atoms with Crippen molar-refractivity contribution >= 4 is 30.9 Å². The number of halogens is 1. The molecule has 1 nitrogen and oxygen atoms in total. The van der Waals surface area contributed by atoms with Gasteiger partial charge in [-0.25, -0.2) is 0 Å². The summed E-state index contributed by atoms with van der Waals surface area (Å²) in [5.74, 6) is 0. The zero-order valence-corrected chi connectivity index (χ0v) is 13.7. The van der Waals surface area contributed by atoms with Crippen molar-refractivity contribution < 1.29 is 4.43 Å². The highest BCUT2D eigenvalue weighted by atomic mass is 127. The van der Waals surface area contributed by atoms with E-state index in [4.69, 9.17) is 4.43 Å². The molecule has 0 amide bonds. The fraction of sp³-hybridized carbons (Fsp3) is 0.667. The average molecular weight is 338 g/mol. The molecule has 1 atom stereocenters. The van der Waals surface area contributed by atoms with Gasteiger partial charge in [0.05, 0.1) is 5.60 Å². The maximum Gasteiger partial charge on any atom is 0.184 e. The van der Waals surface area contributed by atoms with Crippen LogP contribution < -0.4 is 0 Å². The van der Waals surface area contributed by atoms with Gasteiger partial charge in [0.2, 0.25) is 0 Å². The molecule has 0 saturated carbocycles. The summed E-state index contributed by atoms with van der Waals surface area (Å²) < 4.78 is 8.29. The predicted molar refractivity (Wildman–Crippen MR) is 80.0 cm³/mol. The van der Waals surface area contributed by atoms with E-state index in [9.17, 15) is 0 Å². The molecule has 0 N–H and O–H groups in total. The fourth-order valence-corrected chi connectivity index (χ4v) is 3.29. The fourth-order valence-electron chi connectivity index (χ4n) is 1.49. The van der Waals surface area contributed by atoms with Crippen molar-refractivity contribution in [1.82, 2.24) is 0 Å². The van der Waals surface area contributed by atoms with Crippen LogP contribution in [0.3, 0.4) is 0 Å². The summed E-state index contributed by atoms with van der Waals surface area (Å²) >= 11 is 2.25. The van der Waals surface area contributed by atoms with Crippen LogP contribution in [0.25, 0.3) is 0 Å². The Bertz CT molecular complexity index is 230. The van der Waals surface area contributed by atoms with E-state index in [2.05, 4.69) is 78.4 Å². The highest BCUT2D eigenvalue weighted by molar-refractivity contribution is 14.1. The first kappa shape index (κ1) is 15.4. The van der Waals surface area contributed by atoms with E-state index in [-0.39, 0.29) is 5.60 Å². The van der Waals surface area contributed by atoms with Gasteiger partial charge in [-0.2, -0.15) is 0 Å². The van der Waals surface area contributed by atoms with Crippen LogP contribution in [0.1, 0.15) is 26.7 Å². The molecule has 1 unspecified atom stereocenters. The van der Waals surface area contributed by atoms with Crippen LogP contribution in [0.4, 0.5) is 0 Å². The lowest BCUT2D eigenvalue weighted by Gasteiger charge is -2.33. The van der Waals surface area contributed by atoms with Crippen molar-refractivity contribution in [2.24, 2.45) is 0 Å². The van der Waals surface area contributed by atoms with Crippen LogP contribution >= 0.6 is 22.6 Å². The first-order chi connectivity index (χ1) is 6.83. The molecule has 88 valence electrons. The van der Waals surface area contributed by atoms with Crippen LogP contribution in [0.2, 0.25) is 19.6 Å². The largest absolute Gasteiger partial charge is 0.409 e. The normalized spacial score (nSPS) is 17.5. The van der Waals surface area contributed by atoms with Crippen molar-refractivity contribution in [3.05, 3.63) is 22.3 Å². The van der Waals surface area contributed by atoms with Crippen molar-refractivity contribution in [1.29, 1.82) is 0 Å². The Labute approximate surface area is 109 Å². The summed E-state index contributed by atoms with van der Waals surface area (Å²) in [6, 6.07) is 0. The van der Waals surface area contributed by atoms with Gasteiger partial charge in [-0.3, -0.25) is 0 Å². The summed E-state index contributed by atoms with van der Waals surface area (Å²) in [7, 11) is -1.48. The van der Waals surface area contributed by atoms with E-state index in [0.29, 0.717) is 0 Å². The Kier molecular flexibility index (Phi) is 7.04. The number of rotatable bonds is 6. The lowest BCUT2D eigenvalue weighted by Crippen LogP contribution is -2.38. The number of allylic oxidation sites excluding steroid dienone is 1. The van der Waals surface area contributed by atoms with E-state index in [1.54, 1.807) is 0 Å². The van der Waals surface area contributed by atoms with Crippen molar-refractivity contribution in [2.75, 3.05) is 0 Å². The second-order valence-corrected chi connectivity index (χ2v) is 10.1. The molecule has 15 heavy (non-hydrogen) atoms. The molecule has 3 heteroatoms. The molecule has 0 aromatic rings. The summed E-state index contributed by atoms with van der Waals surface area (Å²) in [5, 5.41) is 0. The van der Waals surface area contributed by atoms with Gasteiger partial charge in [0.15, 0.2) is 8.32 Å². The SMILES string of the molecule is CCC=CC(C)(CC=CI)O[Si](C)(C)C. The van der Waals surface area contributed by atoms with Gasteiger partial charge in [0.25, 0.3) is 0 Å². The Morgan fingerprint density at radius 1 is 1.27 bits per heavy atom. The second-order valence-electron chi connectivity index (χ2n) is 4.90. The van der Waals surface area contributed by atoms with Gasteiger partial charge in [-0.15, -0.1) is 0 Å². The first-order valence-corrected chi connectivity index (χ1v) is 10.1. The Morgan fingerprint density at radius 2 is 1.87 bits per heavy atom. The standard InChI is InChI=1S/C12H23IOSi/c1-6-7-9-12(2,10-8-11-13)14-15(3,4)5/h7-9,11H,6,10H2,1-5H3. The summed E-state index contributed by atoms with van der Waals surface area (Å²) in [6.07, 6.45) is 8.60. The minimum absolute atomic E-state index is 0.123. The molecule has 0 aliphatic rings. The van der Waals surface area contributed by atoms with Gasteiger partial charge in [-0.05, 0) is 43.5 Å². The monoisotopic (exact) mass is 338 g/mol.